The molecule has 0 radical (unpaired) electrons. The molecule has 0 saturated carbocycles. The Morgan fingerprint density at radius 3 is 2.33 bits per heavy atom. The van der Waals surface area contributed by atoms with Crippen LogP contribution < -0.4 is 5.73 Å². The third-order valence-corrected chi connectivity index (χ3v) is 2.58. The Balaban J connectivity index is 2.27. The zero-order chi connectivity index (χ0) is 12.8. The molecule has 0 saturated heterocycles. The van der Waals surface area contributed by atoms with Crippen LogP contribution in [-0.2, 0) is 0 Å². The highest BCUT2D eigenvalue weighted by Gasteiger charge is 2.03. The van der Waals surface area contributed by atoms with Gasteiger partial charge in [-0.3, -0.25) is 0 Å². The Bertz CT molecular complexity index is 574. The molecule has 0 spiro atoms. The van der Waals surface area contributed by atoms with Gasteiger partial charge < -0.3 is 10.9 Å². The molecule has 3 heteroatoms. The van der Waals surface area contributed by atoms with Gasteiger partial charge in [0.05, 0.1) is 0 Å². The van der Waals surface area contributed by atoms with Crippen LogP contribution in [0.5, 0.6) is 0 Å². The van der Waals surface area contributed by atoms with E-state index in [1.165, 1.54) is 0 Å². The minimum atomic E-state index is 0.442. The predicted octanol–water partition coefficient (Wildman–Crippen LogP) is 3.16. The molecule has 2 rings (SSSR count). The van der Waals surface area contributed by atoms with Crippen molar-refractivity contribution < 1.29 is 5.21 Å². The highest BCUT2D eigenvalue weighted by molar-refractivity contribution is 6.13. The van der Waals surface area contributed by atoms with Crippen molar-refractivity contribution in [2.75, 3.05) is 5.73 Å². The van der Waals surface area contributed by atoms with E-state index in [0.29, 0.717) is 17.0 Å². The highest BCUT2D eigenvalue weighted by Crippen LogP contribution is 2.13. The molecule has 0 aliphatic heterocycles. The zero-order valence-corrected chi connectivity index (χ0v) is 9.82. The molecule has 0 fully saturated rings. The van der Waals surface area contributed by atoms with Gasteiger partial charge in [-0.25, -0.2) is 0 Å². The zero-order valence-electron chi connectivity index (χ0n) is 9.82. The summed E-state index contributed by atoms with van der Waals surface area (Å²) in [5.74, 6) is 0. The molecule has 0 amide bonds. The van der Waals surface area contributed by atoms with E-state index < -0.39 is 0 Å². The fraction of sp³-hybridized carbons (Fsp3) is 0. The topological polar surface area (TPSA) is 58.6 Å². The smallest absolute Gasteiger partial charge is 0.111 e. The van der Waals surface area contributed by atoms with Crippen molar-refractivity contribution in [1.29, 1.82) is 0 Å². The molecule has 18 heavy (non-hydrogen) atoms. The number of nitrogen functional groups attached to an aromatic ring is 1. The fourth-order valence-corrected chi connectivity index (χ4v) is 1.65. The summed E-state index contributed by atoms with van der Waals surface area (Å²) < 4.78 is 0. The Kier molecular flexibility index (Phi) is 3.76. The molecule has 0 bridgehead atoms. The number of anilines is 1. The molecule has 3 nitrogen and oxygen atoms in total. The number of nitrogens with zero attached hydrogens (tertiary/aromatic N) is 1. The summed E-state index contributed by atoms with van der Waals surface area (Å²) in [6.07, 6.45) is 3.61. The average Bonchev–Trinajstić information content (AvgIpc) is 2.42. The molecular weight excluding hydrogens is 224 g/mol. The summed E-state index contributed by atoms with van der Waals surface area (Å²) in [7, 11) is 0. The van der Waals surface area contributed by atoms with E-state index in [2.05, 4.69) is 5.16 Å². The fourth-order valence-electron chi connectivity index (χ4n) is 1.65. The van der Waals surface area contributed by atoms with E-state index in [1.54, 1.807) is 12.1 Å². The summed E-state index contributed by atoms with van der Waals surface area (Å²) in [5, 5.41) is 12.3. The Labute approximate surface area is 106 Å². The molecule has 3 N–H and O–H groups in total. The van der Waals surface area contributed by atoms with Gasteiger partial charge in [0, 0.05) is 11.3 Å². The van der Waals surface area contributed by atoms with Crippen LogP contribution in [0.3, 0.4) is 0 Å². The number of oxime groups is 1. The van der Waals surface area contributed by atoms with Gasteiger partial charge in [-0.2, -0.15) is 0 Å². The molecular formula is C15H14N2O. The quantitative estimate of drug-likeness (QED) is 0.373. The van der Waals surface area contributed by atoms with Gasteiger partial charge in [0.1, 0.15) is 5.71 Å². The van der Waals surface area contributed by atoms with Gasteiger partial charge in [0.25, 0.3) is 0 Å². The van der Waals surface area contributed by atoms with Crippen LogP contribution in [0.25, 0.3) is 6.08 Å². The van der Waals surface area contributed by atoms with Gasteiger partial charge in [-0.15, -0.1) is 0 Å². The van der Waals surface area contributed by atoms with E-state index in [-0.39, 0.29) is 0 Å². The molecule has 0 aromatic heterocycles. The molecule has 0 aliphatic carbocycles. The molecule has 0 unspecified atom stereocenters. The van der Waals surface area contributed by atoms with Gasteiger partial charge in [0.15, 0.2) is 0 Å². The lowest BCUT2D eigenvalue weighted by molar-refractivity contribution is 0.320. The molecule has 2 aromatic rings. The van der Waals surface area contributed by atoms with Crippen molar-refractivity contribution in [1.82, 2.24) is 0 Å². The van der Waals surface area contributed by atoms with Crippen LogP contribution >= 0.6 is 0 Å². The predicted molar refractivity (Wildman–Crippen MR) is 74.7 cm³/mol. The number of allylic oxidation sites excluding steroid dienone is 1. The van der Waals surface area contributed by atoms with Gasteiger partial charge >= 0.3 is 0 Å². The van der Waals surface area contributed by atoms with Gasteiger partial charge in [-0.05, 0) is 17.7 Å². The summed E-state index contributed by atoms with van der Waals surface area (Å²) in [5.41, 5.74) is 8.62. The van der Waals surface area contributed by atoms with Crippen molar-refractivity contribution in [3.05, 3.63) is 71.8 Å². The maximum atomic E-state index is 9.06. The molecule has 2 aromatic carbocycles. The van der Waals surface area contributed by atoms with Crippen molar-refractivity contribution in [2.45, 2.75) is 0 Å². The number of para-hydroxylation sites is 1. The Morgan fingerprint density at radius 2 is 1.67 bits per heavy atom. The van der Waals surface area contributed by atoms with Crippen molar-refractivity contribution >= 4 is 17.5 Å². The highest BCUT2D eigenvalue weighted by atomic mass is 16.4. The summed E-state index contributed by atoms with van der Waals surface area (Å²) in [6, 6.07) is 17.1. The normalized spacial score (nSPS) is 11.9. The van der Waals surface area contributed by atoms with Crippen molar-refractivity contribution in [3.63, 3.8) is 0 Å². The number of hydrogen-bond acceptors (Lipinski definition) is 3. The first-order chi connectivity index (χ1) is 8.81. The Hall–Kier alpha value is -2.55. The number of hydrogen-bond donors (Lipinski definition) is 2. The maximum absolute atomic E-state index is 9.06. The second-order valence-corrected chi connectivity index (χ2v) is 3.82. The average molecular weight is 238 g/mol. The minimum Gasteiger partial charge on any atom is -0.410 e. The SMILES string of the molecule is Nc1ccccc1C(C=Cc1ccccc1)=NO. The third-order valence-electron chi connectivity index (χ3n) is 2.58. The van der Waals surface area contributed by atoms with Gasteiger partial charge in [0.2, 0.25) is 0 Å². The van der Waals surface area contributed by atoms with Crippen LogP contribution in [0.4, 0.5) is 5.69 Å². The largest absolute Gasteiger partial charge is 0.410 e. The van der Waals surface area contributed by atoms with Crippen LogP contribution in [0.1, 0.15) is 11.1 Å². The van der Waals surface area contributed by atoms with Crippen molar-refractivity contribution in [2.24, 2.45) is 5.16 Å². The lowest BCUT2D eigenvalue weighted by Gasteiger charge is -2.03. The second kappa shape index (κ2) is 5.68. The van der Waals surface area contributed by atoms with E-state index in [0.717, 1.165) is 5.56 Å². The number of nitrogens with two attached hydrogens (primary N) is 1. The van der Waals surface area contributed by atoms with Gasteiger partial charge in [-0.1, -0.05) is 59.8 Å². The monoisotopic (exact) mass is 238 g/mol. The van der Waals surface area contributed by atoms with Crippen LogP contribution in [-0.4, -0.2) is 10.9 Å². The number of benzene rings is 2. The van der Waals surface area contributed by atoms with E-state index >= 15 is 0 Å². The molecule has 0 atom stereocenters. The van der Waals surface area contributed by atoms with Crippen LogP contribution in [0.15, 0.2) is 65.8 Å². The molecule has 0 aliphatic rings. The maximum Gasteiger partial charge on any atom is 0.111 e. The van der Waals surface area contributed by atoms with E-state index in [1.807, 2.05) is 54.6 Å². The summed E-state index contributed by atoms with van der Waals surface area (Å²) >= 11 is 0. The summed E-state index contributed by atoms with van der Waals surface area (Å²) in [6.45, 7) is 0. The Morgan fingerprint density at radius 1 is 1.00 bits per heavy atom. The minimum absolute atomic E-state index is 0.442. The van der Waals surface area contributed by atoms with Crippen LogP contribution in [0, 0.1) is 0 Å². The third kappa shape index (κ3) is 2.77. The first-order valence-corrected chi connectivity index (χ1v) is 5.61. The van der Waals surface area contributed by atoms with Crippen LogP contribution in [0.2, 0.25) is 0 Å². The first kappa shape index (κ1) is 11.9. The second-order valence-electron chi connectivity index (χ2n) is 3.82. The molecule has 90 valence electrons. The molecule has 0 heterocycles. The summed E-state index contributed by atoms with van der Waals surface area (Å²) in [4.78, 5) is 0. The van der Waals surface area contributed by atoms with Crippen molar-refractivity contribution in [3.8, 4) is 0 Å². The van der Waals surface area contributed by atoms with E-state index in [4.69, 9.17) is 10.9 Å². The lowest BCUT2D eigenvalue weighted by atomic mass is 10.1. The van der Waals surface area contributed by atoms with E-state index in [9.17, 15) is 0 Å². The standard InChI is InChI=1S/C15H14N2O/c16-14-9-5-4-8-13(14)15(17-18)11-10-12-6-2-1-3-7-12/h1-11,18H,16H2. The number of rotatable bonds is 3. The first-order valence-electron chi connectivity index (χ1n) is 5.61. The lowest BCUT2D eigenvalue weighted by Crippen LogP contribution is -2.01.